The molecular weight excluding hydrogens is 376 g/mol. The minimum atomic E-state index is 0. The SMILES string of the molecule is [Ir].[c-]1ccccc1-n1ncc2ccccc21. The van der Waals surface area contributed by atoms with Crippen LogP contribution >= 0.6 is 0 Å². The number of hydrogen-bond donors (Lipinski definition) is 0. The summed E-state index contributed by atoms with van der Waals surface area (Å²) in [6.45, 7) is 0. The molecule has 81 valence electrons. The number of nitrogens with zero attached hydrogens (tertiary/aromatic N) is 2. The van der Waals surface area contributed by atoms with E-state index in [0.29, 0.717) is 0 Å². The summed E-state index contributed by atoms with van der Waals surface area (Å²) < 4.78 is 1.90. The summed E-state index contributed by atoms with van der Waals surface area (Å²) in [5.41, 5.74) is 2.08. The van der Waals surface area contributed by atoms with Gasteiger partial charge in [0.25, 0.3) is 0 Å². The maximum atomic E-state index is 4.35. The normalized spacial score (nSPS) is 10.0. The first kappa shape index (κ1) is 11.1. The first-order valence-electron chi connectivity index (χ1n) is 4.85. The van der Waals surface area contributed by atoms with Crippen LogP contribution in [0.3, 0.4) is 0 Å². The van der Waals surface area contributed by atoms with Crippen molar-refractivity contribution in [2.24, 2.45) is 0 Å². The van der Waals surface area contributed by atoms with E-state index >= 15 is 0 Å². The fourth-order valence-electron chi connectivity index (χ4n) is 1.68. The van der Waals surface area contributed by atoms with Gasteiger partial charge in [-0.05, 0) is 11.8 Å². The van der Waals surface area contributed by atoms with Gasteiger partial charge in [-0.25, -0.2) is 0 Å². The Labute approximate surface area is 107 Å². The van der Waals surface area contributed by atoms with E-state index in [1.165, 1.54) is 0 Å². The minimum Gasteiger partial charge on any atom is -0.258 e. The van der Waals surface area contributed by atoms with E-state index < -0.39 is 0 Å². The maximum absolute atomic E-state index is 4.35. The third kappa shape index (κ3) is 1.80. The van der Waals surface area contributed by atoms with Gasteiger partial charge in [0.2, 0.25) is 0 Å². The van der Waals surface area contributed by atoms with Gasteiger partial charge >= 0.3 is 0 Å². The molecule has 16 heavy (non-hydrogen) atoms. The molecule has 3 rings (SSSR count). The average molecular weight is 385 g/mol. The van der Waals surface area contributed by atoms with E-state index in [1.54, 1.807) is 0 Å². The summed E-state index contributed by atoms with van der Waals surface area (Å²) in [6.07, 6.45) is 1.87. The Morgan fingerprint density at radius 3 is 2.62 bits per heavy atom. The Morgan fingerprint density at radius 1 is 1.00 bits per heavy atom. The number of para-hydroxylation sites is 2. The van der Waals surface area contributed by atoms with E-state index in [0.717, 1.165) is 16.6 Å². The summed E-state index contributed by atoms with van der Waals surface area (Å²) in [4.78, 5) is 0. The van der Waals surface area contributed by atoms with Crippen molar-refractivity contribution in [1.82, 2.24) is 9.78 Å². The Morgan fingerprint density at radius 2 is 1.81 bits per heavy atom. The van der Waals surface area contributed by atoms with Crippen LogP contribution in [0.1, 0.15) is 0 Å². The number of benzene rings is 2. The van der Waals surface area contributed by atoms with E-state index in [9.17, 15) is 0 Å². The molecule has 2 aromatic carbocycles. The molecule has 1 aromatic heterocycles. The van der Waals surface area contributed by atoms with Gasteiger partial charge in [0.05, 0.1) is 11.7 Å². The minimum absolute atomic E-state index is 0. The maximum Gasteiger partial charge on any atom is 0.0716 e. The van der Waals surface area contributed by atoms with Crippen LogP contribution in [-0.4, -0.2) is 9.78 Å². The van der Waals surface area contributed by atoms with E-state index in [-0.39, 0.29) is 20.1 Å². The van der Waals surface area contributed by atoms with Crippen LogP contribution in [0.25, 0.3) is 16.6 Å². The smallest absolute Gasteiger partial charge is 0.0716 e. The molecule has 2 nitrogen and oxygen atoms in total. The Kier molecular flexibility index (Phi) is 3.18. The average Bonchev–Trinajstić information content (AvgIpc) is 2.74. The van der Waals surface area contributed by atoms with Crippen molar-refractivity contribution in [2.75, 3.05) is 0 Å². The number of hydrogen-bond acceptors (Lipinski definition) is 1. The molecule has 0 amide bonds. The van der Waals surface area contributed by atoms with Crippen molar-refractivity contribution in [3.8, 4) is 5.69 Å². The predicted molar refractivity (Wildman–Crippen MR) is 59.9 cm³/mol. The second-order valence-electron chi connectivity index (χ2n) is 3.36. The van der Waals surface area contributed by atoms with Crippen LogP contribution in [-0.2, 0) is 20.1 Å². The molecule has 0 bridgehead atoms. The largest absolute Gasteiger partial charge is 0.258 e. The van der Waals surface area contributed by atoms with Gasteiger partial charge in [-0.1, -0.05) is 18.2 Å². The van der Waals surface area contributed by atoms with Gasteiger partial charge in [-0.15, -0.1) is 6.07 Å². The molecule has 0 aliphatic carbocycles. The molecule has 0 saturated carbocycles. The second-order valence-corrected chi connectivity index (χ2v) is 3.36. The van der Waals surface area contributed by atoms with Crippen LogP contribution in [0.15, 0.2) is 54.7 Å². The fourth-order valence-corrected chi connectivity index (χ4v) is 1.68. The number of rotatable bonds is 1. The summed E-state index contributed by atoms with van der Waals surface area (Å²) in [6, 6.07) is 19.1. The molecule has 0 saturated heterocycles. The van der Waals surface area contributed by atoms with Crippen molar-refractivity contribution < 1.29 is 20.1 Å². The second kappa shape index (κ2) is 4.60. The van der Waals surface area contributed by atoms with E-state index in [2.05, 4.69) is 23.3 Å². The topological polar surface area (TPSA) is 17.8 Å². The molecule has 0 atom stereocenters. The van der Waals surface area contributed by atoms with Gasteiger partial charge in [-0.2, -0.15) is 29.4 Å². The molecule has 0 N–H and O–H groups in total. The van der Waals surface area contributed by atoms with Gasteiger partial charge in [0.1, 0.15) is 0 Å². The molecular formula is C13H9IrN2-. The quantitative estimate of drug-likeness (QED) is 0.589. The standard InChI is InChI=1S/C13H9N2.Ir/c1-2-7-12(8-3-1)15-13-9-5-4-6-11(13)10-14-15;/h1-7,9-10H;/q-1;. The van der Waals surface area contributed by atoms with Gasteiger partial charge < -0.3 is 0 Å². The zero-order valence-electron chi connectivity index (χ0n) is 8.42. The third-order valence-corrected chi connectivity index (χ3v) is 2.40. The van der Waals surface area contributed by atoms with Crippen LogP contribution < -0.4 is 0 Å². The molecule has 0 unspecified atom stereocenters. The fraction of sp³-hybridized carbons (Fsp3) is 0. The summed E-state index contributed by atoms with van der Waals surface area (Å²) in [5, 5.41) is 5.50. The van der Waals surface area contributed by atoms with Gasteiger partial charge in [0.15, 0.2) is 0 Å². The molecule has 1 radical (unpaired) electrons. The Bertz CT molecular complexity index is 587. The summed E-state index contributed by atoms with van der Waals surface area (Å²) in [5.74, 6) is 0. The summed E-state index contributed by atoms with van der Waals surface area (Å²) in [7, 11) is 0. The Balaban J connectivity index is 0.000000963. The molecule has 0 aliphatic heterocycles. The monoisotopic (exact) mass is 386 g/mol. The van der Waals surface area contributed by atoms with E-state index in [1.807, 2.05) is 47.3 Å². The third-order valence-electron chi connectivity index (χ3n) is 2.40. The van der Waals surface area contributed by atoms with Gasteiger partial charge in [-0.3, -0.25) is 4.68 Å². The van der Waals surface area contributed by atoms with Crippen LogP contribution in [0.4, 0.5) is 0 Å². The van der Waals surface area contributed by atoms with Crippen LogP contribution in [0, 0.1) is 6.07 Å². The van der Waals surface area contributed by atoms with Gasteiger partial charge in [0, 0.05) is 25.5 Å². The molecule has 1 heterocycles. The molecule has 0 aliphatic rings. The first-order chi connectivity index (χ1) is 7.45. The van der Waals surface area contributed by atoms with Crippen LogP contribution in [0.2, 0.25) is 0 Å². The molecule has 3 aromatic rings. The molecule has 3 heteroatoms. The zero-order chi connectivity index (χ0) is 10.1. The Hall–Kier alpha value is -1.44. The van der Waals surface area contributed by atoms with Crippen molar-refractivity contribution in [3.63, 3.8) is 0 Å². The summed E-state index contributed by atoms with van der Waals surface area (Å²) >= 11 is 0. The van der Waals surface area contributed by atoms with Crippen molar-refractivity contribution in [3.05, 3.63) is 60.8 Å². The number of fused-ring (bicyclic) bond motifs is 1. The van der Waals surface area contributed by atoms with Crippen molar-refractivity contribution in [2.45, 2.75) is 0 Å². The molecule has 0 spiro atoms. The van der Waals surface area contributed by atoms with Crippen LogP contribution in [0.5, 0.6) is 0 Å². The van der Waals surface area contributed by atoms with Crippen molar-refractivity contribution >= 4 is 10.9 Å². The van der Waals surface area contributed by atoms with Crippen molar-refractivity contribution in [1.29, 1.82) is 0 Å². The first-order valence-corrected chi connectivity index (χ1v) is 4.85. The van der Waals surface area contributed by atoms with E-state index in [4.69, 9.17) is 0 Å². The predicted octanol–water partition coefficient (Wildman–Crippen LogP) is 2.82. The number of aromatic nitrogens is 2. The molecule has 0 fully saturated rings. The zero-order valence-corrected chi connectivity index (χ0v) is 10.8.